The second-order valence-corrected chi connectivity index (χ2v) is 5.42. The zero-order valence-electron chi connectivity index (χ0n) is 11.0. The van der Waals surface area contributed by atoms with E-state index in [0.717, 1.165) is 17.2 Å². The van der Waals surface area contributed by atoms with Gasteiger partial charge in [-0.05, 0) is 36.5 Å². The molecule has 1 heterocycles. The second-order valence-electron chi connectivity index (χ2n) is 5.03. The van der Waals surface area contributed by atoms with Gasteiger partial charge in [0, 0.05) is 12.7 Å². The third-order valence-electron chi connectivity index (χ3n) is 3.10. The molecular formula is C15H20N2S. The molecule has 96 valence electrons. The molecule has 0 saturated heterocycles. The predicted octanol–water partition coefficient (Wildman–Crippen LogP) is 4.65. The van der Waals surface area contributed by atoms with Crippen LogP contribution in [-0.4, -0.2) is 9.55 Å². The van der Waals surface area contributed by atoms with Gasteiger partial charge in [-0.25, -0.2) is 0 Å². The van der Waals surface area contributed by atoms with Crippen molar-refractivity contribution in [3.8, 4) is 11.3 Å². The van der Waals surface area contributed by atoms with E-state index in [1.54, 1.807) is 0 Å². The molecule has 1 aromatic carbocycles. The molecule has 0 aliphatic heterocycles. The molecule has 2 nitrogen and oxygen atoms in total. The van der Waals surface area contributed by atoms with E-state index >= 15 is 0 Å². The van der Waals surface area contributed by atoms with Crippen molar-refractivity contribution in [3.05, 3.63) is 41.3 Å². The van der Waals surface area contributed by atoms with Gasteiger partial charge in [0.05, 0.1) is 5.69 Å². The van der Waals surface area contributed by atoms with Crippen molar-refractivity contribution >= 4 is 12.2 Å². The Bertz CT molecular complexity index is 537. The fourth-order valence-electron chi connectivity index (χ4n) is 2.12. The highest BCUT2D eigenvalue weighted by Crippen LogP contribution is 2.20. The van der Waals surface area contributed by atoms with Crippen LogP contribution in [0.5, 0.6) is 0 Å². The molecule has 2 aromatic rings. The lowest BCUT2D eigenvalue weighted by Crippen LogP contribution is -2.02. The van der Waals surface area contributed by atoms with Crippen LogP contribution in [0, 0.1) is 10.7 Å². The molecule has 0 bridgehead atoms. The molecule has 3 heteroatoms. The fraction of sp³-hybridized carbons (Fsp3) is 0.400. The molecule has 0 fully saturated rings. The maximum absolute atomic E-state index is 5.36. The maximum atomic E-state index is 5.36. The number of nitrogens with zero attached hydrogens (tertiary/aromatic N) is 1. The van der Waals surface area contributed by atoms with Gasteiger partial charge in [0.1, 0.15) is 0 Å². The Morgan fingerprint density at radius 3 is 2.61 bits per heavy atom. The number of H-pyrrole nitrogens is 1. The second kappa shape index (κ2) is 6.01. The number of nitrogens with one attached hydrogen (secondary N) is 1. The van der Waals surface area contributed by atoms with E-state index in [1.165, 1.54) is 24.1 Å². The highest BCUT2D eigenvalue weighted by Gasteiger charge is 2.06. The van der Waals surface area contributed by atoms with E-state index in [4.69, 9.17) is 12.2 Å². The molecule has 0 radical (unpaired) electrons. The summed E-state index contributed by atoms with van der Waals surface area (Å²) in [5.41, 5.74) is 2.40. The van der Waals surface area contributed by atoms with Gasteiger partial charge in [-0.1, -0.05) is 44.2 Å². The van der Waals surface area contributed by atoms with Crippen LogP contribution >= 0.6 is 12.2 Å². The minimum atomic E-state index is 0.748. The number of benzene rings is 1. The summed E-state index contributed by atoms with van der Waals surface area (Å²) in [6.07, 6.45) is 4.41. The molecule has 1 aromatic heterocycles. The molecule has 0 amide bonds. The van der Waals surface area contributed by atoms with Crippen LogP contribution in [0.2, 0.25) is 0 Å². The fourth-order valence-corrected chi connectivity index (χ4v) is 2.37. The Kier molecular flexibility index (Phi) is 4.37. The van der Waals surface area contributed by atoms with Crippen molar-refractivity contribution in [1.29, 1.82) is 0 Å². The van der Waals surface area contributed by atoms with Gasteiger partial charge < -0.3 is 9.55 Å². The highest BCUT2D eigenvalue weighted by molar-refractivity contribution is 7.71. The van der Waals surface area contributed by atoms with Crippen molar-refractivity contribution in [1.82, 2.24) is 9.55 Å². The lowest BCUT2D eigenvalue weighted by Gasteiger charge is -2.09. The molecule has 0 aliphatic rings. The quantitative estimate of drug-likeness (QED) is 0.776. The minimum absolute atomic E-state index is 0.748. The number of aromatic nitrogens is 2. The monoisotopic (exact) mass is 260 g/mol. The normalized spacial score (nSPS) is 11.1. The van der Waals surface area contributed by atoms with E-state index < -0.39 is 0 Å². The van der Waals surface area contributed by atoms with Crippen LogP contribution in [0.1, 0.15) is 26.7 Å². The Hall–Kier alpha value is -1.35. The summed E-state index contributed by atoms with van der Waals surface area (Å²) < 4.78 is 3.02. The third kappa shape index (κ3) is 3.10. The van der Waals surface area contributed by atoms with Crippen molar-refractivity contribution in [2.24, 2.45) is 5.92 Å². The molecule has 2 rings (SSSR count). The number of hydrogen-bond acceptors (Lipinski definition) is 1. The van der Waals surface area contributed by atoms with E-state index in [0.29, 0.717) is 0 Å². The van der Waals surface area contributed by atoms with Crippen molar-refractivity contribution in [3.63, 3.8) is 0 Å². The summed E-state index contributed by atoms with van der Waals surface area (Å²) in [6, 6.07) is 10.4. The first-order valence-electron chi connectivity index (χ1n) is 6.52. The standard InChI is InChI=1S/C15H20N2S/c1-12(2)7-6-10-17-14(11-16-15(17)18)13-8-4-3-5-9-13/h3-5,8-9,11-12H,6-7,10H2,1-2H3,(H,16,18). The van der Waals surface area contributed by atoms with Gasteiger partial charge in [-0.15, -0.1) is 0 Å². The van der Waals surface area contributed by atoms with Crippen LogP contribution in [0.4, 0.5) is 0 Å². The van der Waals surface area contributed by atoms with E-state index in [-0.39, 0.29) is 0 Å². The van der Waals surface area contributed by atoms with Crippen LogP contribution in [-0.2, 0) is 6.54 Å². The van der Waals surface area contributed by atoms with Gasteiger partial charge in [0.25, 0.3) is 0 Å². The Morgan fingerprint density at radius 1 is 1.22 bits per heavy atom. The van der Waals surface area contributed by atoms with Crippen LogP contribution in [0.25, 0.3) is 11.3 Å². The molecule has 0 atom stereocenters. The van der Waals surface area contributed by atoms with Gasteiger partial charge in [-0.3, -0.25) is 0 Å². The van der Waals surface area contributed by atoms with Crippen molar-refractivity contribution in [2.75, 3.05) is 0 Å². The lowest BCUT2D eigenvalue weighted by atomic mass is 10.1. The lowest BCUT2D eigenvalue weighted by molar-refractivity contribution is 0.511. The molecule has 0 saturated carbocycles. The first-order valence-corrected chi connectivity index (χ1v) is 6.93. The number of rotatable bonds is 5. The molecule has 0 spiro atoms. The maximum Gasteiger partial charge on any atom is 0.177 e. The Labute approximate surface area is 114 Å². The Balaban J connectivity index is 2.20. The summed E-state index contributed by atoms with van der Waals surface area (Å²) in [7, 11) is 0. The number of aromatic amines is 1. The van der Waals surface area contributed by atoms with Crippen molar-refractivity contribution < 1.29 is 0 Å². The van der Waals surface area contributed by atoms with E-state index in [1.807, 2.05) is 12.3 Å². The van der Waals surface area contributed by atoms with Gasteiger partial charge >= 0.3 is 0 Å². The number of hydrogen-bond donors (Lipinski definition) is 1. The number of imidazole rings is 1. The molecule has 18 heavy (non-hydrogen) atoms. The summed E-state index contributed by atoms with van der Waals surface area (Å²) in [5, 5.41) is 0. The van der Waals surface area contributed by atoms with Crippen LogP contribution in [0.15, 0.2) is 36.5 Å². The van der Waals surface area contributed by atoms with Gasteiger partial charge in [-0.2, -0.15) is 0 Å². The summed E-state index contributed by atoms with van der Waals surface area (Å²) >= 11 is 5.36. The van der Waals surface area contributed by atoms with Crippen LogP contribution in [0.3, 0.4) is 0 Å². The first kappa shape index (κ1) is 13.1. The van der Waals surface area contributed by atoms with Gasteiger partial charge in [0.2, 0.25) is 0 Å². The average Bonchev–Trinajstić information content (AvgIpc) is 2.72. The summed E-state index contributed by atoms with van der Waals surface area (Å²) in [5.74, 6) is 0.748. The summed E-state index contributed by atoms with van der Waals surface area (Å²) in [6.45, 7) is 5.51. The Morgan fingerprint density at radius 2 is 1.94 bits per heavy atom. The van der Waals surface area contributed by atoms with Gasteiger partial charge in [0.15, 0.2) is 4.77 Å². The summed E-state index contributed by atoms with van der Waals surface area (Å²) in [4.78, 5) is 3.15. The van der Waals surface area contributed by atoms with E-state index in [9.17, 15) is 0 Å². The highest BCUT2D eigenvalue weighted by atomic mass is 32.1. The average molecular weight is 260 g/mol. The SMILES string of the molecule is CC(C)CCCn1c(-c2ccccc2)c[nH]c1=S. The zero-order chi connectivity index (χ0) is 13.0. The molecule has 0 unspecified atom stereocenters. The topological polar surface area (TPSA) is 20.7 Å². The minimum Gasteiger partial charge on any atom is -0.337 e. The van der Waals surface area contributed by atoms with Crippen LogP contribution < -0.4 is 0 Å². The molecular weight excluding hydrogens is 240 g/mol. The smallest absolute Gasteiger partial charge is 0.177 e. The molecule has 1 N–H and O–H groups in total. The first-order chi connectivity index (χ1) is 8.68. The zero-order valence-corrected chi connectivity index (χ0v) is 11.8. The molecule has 0 aliphatic carbocycles. The third-order valence-corrected chi connectivity index (χ3v) is 3.44. The predicted molar refractivity (Wildman–Crippen MR) is 79.1 cm³/mol. The van der Waals surface area contributed by atoms with Crippen molar-refractivity contribution in [2.45, 2.75) is 33.2 Å². The van der Waals surface area contributed by atoms with E-state index in [2.05, 4.69) is 47.7 Å². The largest absolute Gasteiger partial charge is 0.337 e.